The molecule has 0 radical (unpaired) electrons. The summed E-state index contributed by atoms with van der Waals surface area (Å²) in [5.74, 6) is -1.60. The van der Waals surface area contributed by atoms with Crippen molar-refractivity contribution in [3.05, 3.63) is 47.8 Å². The van der Waals surface area contributed by atoms with E-state index in [-0.39, 0.29) is 18.0 Å². The van der Waals surface area contributed by atoms with Gasteiger partial charge in [0.25, 0.3) is 5.91 Å². The Morgan fingerprint density at radius 2 is 2.00 bits per heavy atom. The van der Waals surface area contributed by atoms with Gasteiger partial charge in [-0.15, -0.1) is 0 Å². The van der Waals surface area contributed by atoms with E-state index < -0.39 is 11.9 Å². The molecule has 7 heteroatoms. The molecule has 2 rings (SSSR count). The highest BCUT2D eigenvalue weighted by Gasteiger charge is 2.15. The maximum absolute atomic E-state index is 11.8. The van der Waals surface area contributed by atoms with Gasteiger partial charge >= 0.3 is 5.97 Å². The van der Waals surface area contributed by atoms with Crippen LogP contribution in [0.1, 0.15) is 16.1 Å². The molecule has 23 heavy (non-hydrogen) atoms. The second kappa shape index (κ2) is 7.04. The second-order valence-corrected chi connectivity index (χ2v) is 4.54. The third kappa shape index (κ3) is 3.83. The average Bonchev–Trinajstić information content (AvgIpc) is 2.59. The lowest BCUT2D eigenvalue weighted by atomic mass is 10.1. The highest BCUT2D eigenvalue weighted by atomic mass is 16.5. The molecule has 1 aromatic carbocycles. The molecule has 0 aliphatic heterocycles. The fraction of sp³-hybridized carbons (Fsp3) is 0.125. The van der Waals surface area contributed by atoms with Crippen molar-refractivity contribution < 1.29 is 19.4 Å². The molecule has 2 N–H and O–H groups in total. The minimum atomic E-state index is -0.681. The van der Waals surface area contributed by atoms with Crippen LogP contribution in [0, 0.1) is 11.3 Å². The van der Waals surface area contributed by atoms with Crippen LogP contribution in [0.4, 0.5) is 0 Å². The van der Waals surface area contributed by atoms with Gasteiger partial charge in [-0.05, 0) is 23.8 Å². The van der Waals surface area contributed by atoms with Crippen LogP contribution >= 0.6 is 0 Å². The third-order valence-corrected chi connectivity index (χ3v) is 3.05. The Morgan fingerprint density at radius 3 is 2.57 bits per heavy atom. The first kappa shape index (κ1) is 16.0. The lowest BCUT2D eigenvalue weighted by molar-refractivity contribution is -0.139. The number of carbonyl (C=O) groups is 2. The highest BCUT2D eigenvalue weighted by molar-refractivity contribution is 5.96. The molecule has 1 heterocycles. The van der Waals surface area contributed by atoms with E-state index in [0.29, 0.717) is 11.1 Å². The van der Waals surface area contributed by atoms with Crippen molar-refractivity contribution in [3.63, 3.8) is 0 Å². The standard InChI is InChI=1S/C16H13N3O4/c1-23-14(21)9-19-16(22)15-13(20)6-12(8-18-15)11-4-2-10(7-17)3-5-11/h2-6,8,20H,9H2,1H3,(H,19,22). The summed E-state index contributed by atoms with van der Waals surface area (Å²) in [6.07, 6.45) is 1.42. The van der Waals surface area contributed by atoms with E-state index in [1.165, 1.54) is 19.4 Å². The molecule has 1 aromatic heterocycles. The van der Waals surface area contributed by atoms with E-state index >= 15 is 0 Å². The molecular formula is C16H13N3O4. The van der Waals surface area contributed by atoms with E-state index in [4.69, 9.17) is 5.26 Å². The SMILES string of the molecule is COC(=O)CNC(=O)c1ncc(-c2ccc(C#N)cc2)cc1O. The summed E-state index contributed by atoms with van der Waals surface area (Å²) in [4.78, 5) is 26.7. The predicted molar refractivity (Wildman–Crippen MR) is 80.4 cm³/mol. The number of ether oxygens (including phenoxy) is 1. The Morgan fingerprint density at radius 1 is 1.30 bits per heavy atom. The number of hydrogen-bond acceptors (Lipinski definition) is 6. The number of nitriles is 1. The van der Waals surface area contributed by atoms with Gasteiger partial charge in [0.1, 0.15) is 12.3 Å². The Labute approximate surface area is 132 Å². The maximum Gasteiger partial charge on any atom is 0.325 e. The van der Waals surface area contributed by atoms with Crippen LogP contribution in [-0.4, -0.2) is 35.6 Å². The lowest BCUT2D eigenvalue weighted by Crippen LogP contribution is -2.30. The molecule has 116 valence electrons. The van der Waals surface area contributed by atoms with E-state index in [0.717, 1.165) is 5.56 Å². The monoisotopic (exact) mass is 311 g/mol. The van der Waals surface area contributed by atoms with Crippen molar-refractivity contribution in [1.29, 1.82) is 5.26 Å². The molecule has 7 nitrogen and oxygen atoms in total. The average molecular weight is 311 g/mol. The number of rotatable bonds is 4. The number of esters is 1. The summed E-state index contributed by atoms with van der Waals surface area (Å²) in [6.45, 7) is -0.312. The molecule has 0 spiro atoms. The molecule has 0 aliphatic carbocycles. The number of amides is 1. The first-order chi connectivity index (χ1) is 11.0. The minimum absolute atomic E-state index is 0.189. The van der Waals surface area contributed by atoms with Gasteiger partial charge in [0.15, 0.2) is 5.69 Å². The van der Waals surface area contributed by atoms with E-state index in [1.807, 2.05) is 6.07 Å². The molecular weight excluding hydrogens is 298 g/mol. The number of hydrogen-bond donors (Lipinski definition) is 2. The number of aromatic hydroxyl groups is 1. The van der Waals surface area contributed by atoms with Crippen molar-refractivity contribution in [2.75, 3.05) is 13.7 Å². The smallest absolute Gasteiger partial charge is 0.325 e. The second-order valence-electron chi connectivity index (χ2n) is 4.54. The Balaban J connectivity index is 2.18. The summed E-state index contributed by atoms with van der Waals surface area (Å²) < 4.78 is 4.40. The number of carbonyl (C=O) groups excluding carboxylic acids is 2. The van der Waals surface area contributed by atoms with Crippen LogP contribution in [0.3, 0.4) is 0 Å². The molecule has 0 bridgehead atoms. The summed E-state index contributed by atoms with van der Waals surface area (Å²) in [7, 11) is 1.20. The van der Waals surface area contributed by atoms with Gasteiger partial charge in [0.2, 0.25) is 0 Å². The molecule has 0 fully saturated rings. The van der Waals surface area contributed by atoms with Gasteiger partial charge < -0.3 is 15.2 Å². The van der Waals surface area contributed by atoms with Crippen molar-refractivity contribution in [2.24, 2.45) is 0 Å². The predicted octanol–water partition coefficient (Wildman–Crippen LogP) is 1.23. The largest absolute Gasteiger partial charge is 0.505 e. The number of nitrogens with zero attached hydrogens (tertiary/aromatic N) is 2. The van der Waals surface area contributed by atoms with Crippen LogP contribution in [0.5, 0.6) is 5.75 Å². The van der Waals surface area contributed by atoms with Crippen LogP contribution in [0.25, 0.3) is 11.1 Å². The number of methoxy groups -OCH3 is 1. The van der Waals surface area contributed by atoms with Gasteiger partial charge in [-0.25, -0.2) is 4.98 Å². The number of benzene rings is 1. The fourth-order valence-corrected chi connectivity index (χ4v) is 1.83. The lowest BCUT2D eigenvalue weighted by Gasteiger charge is -2.07. The van der Waals surface area contributed by atoms with Gasteiger partial charge in [0.05, 0.1) is 18.7 Å². The highest BCUT2D eigenvalue weighted by Crippen LogP contribution is 2.24. The Bertz CT molecular complexity index is 779. The van der Waals surface area contributed by atoms with Crippen LogP contribution in [0.15, 0.2) is 36.5 Å². The zero-order valence-corrected chi connectivity index (χ0v) is 12.2. The molecule has 2 aromatic rings. The first-order valence-corrected chi connectivity index (χ1v) is 6.59. The summed E-state index contributed by atoms with van der Waals surface area (Å²) in [5.41, 5.74) is 1.67. The van der Waals surface area contributed by atoms with E-state index in [2.05, 4.69) is 15.0 Å². The van der Waals surface area contributed by atoms with Crippen LogP contribution < -0.4 is 5.32 Å². The number of nitrogens with one attached hydrogen (secondary N) is 1. The van der Waals surface area contributed by atoms with Gasteiger partial charge in [-0.3, -0.25) is 9.59 Å². The summed E-state index contributed by atoms with van der Waals surface area (Å²) >= 11 is 0. The first-order valence-electron chi connectivity index (χ1n) is 6.59. The van der Waals surface area contributed by atoms with E-state index in [9.17, 15) is 14.7 Å². The zero-order valence-electron chi connectivity index (χ0n) is 12.2. The third-order valence-electron chi connectivity index (χ3n) is 3.05. The number of pyridine rings is 1. The summed E-state index contributed by atoms with van der Waals surface area (Å²) in [6, 6.07) is 10.1. The quantitative estimate of drug-likeness (QED) is 0.821. The van der Waals surface area contributed by atoms with Crippen molar-refractivity contribution in [1.82, 2.24) is 10.3 Å². The molecule has 0 saturated heterocycles. The van der Waals surface area contributed by atoms with Crippen molar-refractivity contribution >= 4 is 11.9 Å². The molecule has 0 saturated carbocycles. The van der Waals surface area contributed by atoms with Gasteiger partial charge in [-0.2, -0.15) is 5.26 Å². The summed E-state index contributed by atoms with van der Waals surface area (Å²) in [5, 5.41) is 21.0. The number of aromatic nitrogens is 1. The van der Waals surface area contributed by atoms with Crippen LogP contribution in [0.2, 0.25) is 0 Å². The minimum Gasteiger partial charge on any atom is -0.505 e. The van der Waals surface area contributed by atoms with Crippen molar-refractivity contribution in [2.45, 2.75) is 0 Å². The van der Waals surface area contributed by atoms with Crippen molar-refractivity contribution in [3.8, 4) is 22.9 Å². The Kier molecular flexibility index (Phi) is 4.89. The van der Waals surface area contributed by atoms with Gasteiger partial charge in [0, 0.05) is 11.8 Å². The molecule has 1 amide bonds. The van der Waals surface area contributed by atoms with E-state index in [1.54, 1.807) is 24.3 Å². The van der Waals surface area contributed by atoms with Crippen LogP contribution in [-0.2, 0) is 9.53 Å². The zero-order chi connectivity index (χ0) is 16.8. The fourth-order valence-electron chi connectivity index (χ4n) is 1.83. The van der Waals surface area contributed by atoms with Gasteiger partial charge in [-0.1, -0.05) is 12.1 Å². The molecule has 0 atom stereocenters. The topological polar surface area (TPSA) is 112 Å². The molecule has 0 unspecified atom stereocenters. The molecule has 0 aliphatic rings. The maximum atomic E-state index is 11.8. The Hall–Kier alpha value is -3.40. The normalized spacial score (nSPS) is 9.74.